The Balaban J connectivity index is 2.52. The lowest BCUT2D eigenvalue weighted by atomic mass is 10.2. The zero-order chi connectivity index (χ0) is 10.1. The van der Waals surface area contributed by atoms with E-state index in [4.69, 9.17) is 11.6 Å². The molecule has 0 spiro atoms. The van der Waals surface area contributed by atoms with Gasteiger partial charge >= 0.3 is 0 Å². The standard InChI is InChI=1S/C10H10ClN3/c1-7-5-9(11)3-4-10(7)14-12-6-8(2)13-14/h3-6H,1-2H3. The van der Waals surface area contributed by atoms with Gasteiger partial charge in [0.05, 0.1) is 17.6 Å². The van der Waals surface area contributed by atoms with Crippen LogP contribution in [0.1, 0.15) is 11.3 Å². The van der Waals surface area contributed by atoms with Gasteiger partial charge in [0.1, 0.15) is 0 Å². The third kappa shape index (κ3) is 1.63. The average Bonchev–Trinajstić information content (AvgIpc) is 2.51. The van der Waals surface area contributed by atoms with Crippen LogP contribution in [-0.2, 0) is 0 Å². The normalized spacial score (nSPS) is 10.5. The number of nitrogens with zero attached hydrogens (tertiary/aromatic N) is 3. The average molecular weight is 208 g/mol. The quantitative estimate of drug-likeness (QED) is 0.720. The van der Waals surface area contributed by atoms with E-state index < -0.39 is 0 Å². The molecule has 1 aromatic carbocycles. The van der Waals surface area contributed by atoms with E-state index in [9.17, 15) is 0 Å². The van der Waals surface area contributed by atoms with E-state index in [0.717, 1.165) is 22.0 Å². The van der Waals surface area contributed by atoms with Crippen molar-refractivity contribution in [1.29, 1.82) is 0 Å². The van der Waals surface area contributed by atoms with E-state index in [1.165, 1.54) is 0 Å². The van der Waals surface area contributed by atoms with E-state index in [-0.39, 0.29) is 0 Å². The fourth-order valence-corrected chi connectivity index (χ4v) is 1.53. The molecule has 0 radical (unpaired) electrons. The molecule has 0 saturated heterocycles. The van der Waals surface area contributed by atoms with Crippen molar-refractivity contribution in [3.05, 3.63) is 40.7 Å². The highest BCUT2D eigenvalue weighted by molar-refractivity contribution is 6.30. The fourth-order valence-electron chi connectivity index (χ4n) is 1.30. The van der Waals surface area contributed by atoms with Crippen LogP contribution in [0.3, 0.4) is 0 Å². The smallest absolute Gasteiger partial charge is 0.0886 e. The van der Waals surface area contributed by atoms with Crippen molar-refractivity contribution in [1.82, 2.24) is 15.0 Å². The summed E-state index contributed by atoms with van der Waals surface area (Å²) in [5.74, 6) is 0. The van der Waals surface area contributed by atoms with Crippen LogP contribution in [0.25, 0.3) is 5.69 Å². The Morgan fingerprint density at radius 1 is 1.29 bits per heavy atom. The van der Waals surface area contributed by atoms with Gasteiger partial charge < -0.3 is 0 Å². The van der Waals surface area contributed by atoms with Gasteiger partial charge in [0.2, 0.25) is 0 Å². The molecule has 0 aliphatic carbocycles. The highest BCUT2D eigenvalue weighted by atomic mass is 35.5. The lowest BCUT2D eigenvalue weighted by Gasteiger charge is -2.03. The number of hydrogen-bond donors (Lipinski definition) is 0. The molecular formula is C10H10ClN3. The second kappa shape index (κ2) is 3.42. The summed E-state index contributed by atoms with van der Waals surface area (Å²) in [6.45, 7) is 3.90. The first-order valence-electron chi connectivity index (χ1n) is 4.32. The van der Waals surface area contributed by atoms with Crippen LogP contribution in [0, 0.1) is 13.8 Å². The minimum absolute atomic E-state index is 0.732. The molecule has 0 bridgehead atoms. The molecule has 0 aliphatic heterocycles. The molecule has 3 nitrogen and oxygen atoms in total. The number of hydrogen-bond acceptors (Lipinski definition) is 2. The van der Waals surface area contributed by atoms with Crippen molar-refractivity contribution in [2.24, 2.45) is 0 Å². The van der Waals surface area contributed by atoms with Crippen LogP contribution in [0.4, 0.5) is 0 Å². The van der Waals surface area contributed by atoms with Crippen molar-refractivity contribution in [2.45, 2.75) is 13.8 Å². The van der Waals surface area contributed by atoms with Crippen LogP contribution >= 0.6 is 11.6 Å². The van der Waals surface area contributed by atoms with Gasteiger partial charge in [-0.3, -0.25) is 0 Å². The van der Waals surface area contributed by atoms with E-state index in [1.54, 1.807) is 11.0 Å². The van der Waals surface area contributed by atoms with Crippen LogP contribution in [0.5, 0.6) is 0 Å². The number of halogens is 1. The lowest BCUT2D eigenvalue weighted by molar-refractivity contribution is 0.741. The van der Waals surface area contributed by atoms with Gasteiger partial charge in [0.15, 0.2) is 0 Å². The third-order valence-electron chi connectivity index (χ3n) is 1.98. The van der Waals surface area contributed by atoms with Crippen LogP contribution in [-0.4, -0.2) is 15.0 Å². The predicted molar refractivity (Wildman–Crippen MR) is 55.8 cm³/mol. The largest absolute Gasteiger partial charge is 0.157 e. The summed E-state index contributed by atoms with van der Waals surface area (Å²) in [7, 11) is 0. The SMILES string of the molecule is Cc1cnn(-c2ccc(Cl)cc2C)n1. The van der Waals surface area contributed by atoms with E-state index in [2.05, 4.69) is 10.2 Å². The number of rotatable bonds is 1. The van der Waals surface area contributed by atoms with Crippen molar-refractivity contribution in [3.63, 3.8) is 0 Å². The Morgan fingerprint density at radius 2 is 2.07 bits per heavy atom. The molecule has 0 amide bonds. The van der Waals surface area contributed by atoms with Gasteiger partial charge in [-0.25, -0.2) is 0 Å². The summed E-state index contributed by atoms with van der Waals surface area (Å²) < 4.78 is 0. The van der Waals surface area contributed by atoms with Crippen molar-refractivity contribution < 1.29 is 0 Å². The Kier molecular flexibility index (Phi) is 2.25. The minimum Gasteiger partial charge on any atom is -0.157 e. The third-order valence-corrected chi connectivity index (χ3v) is 2.22. The molecule has 0 aliphatic rings. The Bertz CT molecular complexity index is 462. The van der Waals surface area contributed by atoms with E-state index in [1.807, 2.05) is 32.0 Å². The first-order valence-corrected chi connectivity index (χ1v) is 4.70. The molecule has 0 saturated carbocycles. The molecular weight excluding hydrogens is 198 g/mol. The van der Waals surface area contributed by atoms with E-state index >= 15 is 0 Å². The maximum absolute atomic E-state index is 5.86. The maximum Gasteiger partial charge on any atom is 0.0886 e. The van der Waals surface area contributed by atoms with Crippen LogP contribution < -0.4 is 0 Å². The Hall–Kier alpha value is -1.35. The van der Waals surface area contributed by atoms with E-state index in [0.29, 0.717) is 0 Å². The lowest BCUT2D eigenvalue weighted by Crippen LogP contribution is -2.00. The van der Waals surface area contributed by atoms with Crippen LogP contribution in [0.15, 0.2) is 24.4 Å². The summed E-state index contributed by atoms with van der Waals surface area (Å²) >= 11 is 5.86. The summed E-state index contributed by atoms with van der Waals surface area (Å²) in [6.07, 6.45) is 1.73. The summed E-state index contributed by atoms with van der Waals surface area (Å²) in [5, 5.41) is 9.10. The first-order chi connectivity index (χ1) is 6.66. The second-order valence-electron chi connectivity index (χ2n) is 3.21. The summed E-state index contributed by atoms with van der Waals surface area (Å²) in [6, 6.07) is 5.65. The summed E-state index contributed by atoms with van der Waals surface area (Å²) in [5.41, 5.74) is 2.93. The summed E-state index contributed by atoms with van der Waals surface area (Å²) in [4.78, 5) is 1.61. The molecule has 4 heteroatoms. The number of aryl methyl sites for hydroxylation is 2. The molecule has 72 valence electrons. The molecule has 2 rings (SSSR count). The fraction of sp³-hybridized carbons (Fsp3) is 0.200. The Labute approximate surface area is 87.3 Å². The predicted octanol–water partition coefficient (Wildman–Crippen LogP) is 2.54. The number of benzene rings is 1. The van der Waals surface area contributed by atoms with Gasteiger partial charge in [-0.1, -0.05) is 11.6 Å². The topological polar surface area (TPSA) is 30.7 Å². The minimum atomic E-state index is 0.732. The zero-order valence-electron chi connectivity index (χ0n) is 8.03. The van der Waals surface area contributed by atoms with Crippen molar-refractivity contribution >= 4 is 11.6 Å². The molecule has 14 heavy (non-hydrogen) atoms. The first kappa shape index (κ1) is 9.21. The number of aromatic nitrogens is 3. The second-order valence-corrected chi connectivity index (χ2v) is 3.64. The maximum atomic E-state index is 5.86. The monoisotopic (exact) mass is 207 g/mol. The van der Waals surface area contributed by atoms with Crippen molar-refractivity contribution in [2.75, 3.05) is 0 Å². The molecule has 0 atom stereocenters. The molecule has 2 aromatic rings. The van der Waals surface area contributed by atoms with Crippen molar-refractivity contribution in [3.8, 4) is 5.69 Å². The molecule has 1 aromatic heterocycles. The highest BCUT2D eigenvalue weighted by Crippen LogP contribution is 2.17. The van der Waals surface area contributed by atoms with Gasteiger partial charge in [0.25, 0.3) is 0 Å². The molecule has 1 heterocycles. The Morgan fingerprint density at radius 3 is 2.64 bits per heavy atom. The molecule has 0 N–H and O–H groups in total. The zero-order valence-corrected chi connectivity index (χ0v) is 8.78. The van der Waals surface area contributed by atoms with Gasteiger partial charge in [-0.2, -0.15) is 15.0 Å². The van der Waals surface area contributed by atoms with Crippen LogP contribution in [0.2, 0.25) is 5.02 Å². The highest BCUT2D eigenvalue weighted by Gasteiger charge is 2.03. The molecule has 0 fully saturated rings. The van der Waals surface area contributed by atoms with Gasteiger partial charge in [0, 0.05) is 5.02 Å². The molecule has 0 unspecified atom stereocenters. The van der Waals surface area contributed by atoms with Gasteiger partial charge in [-0.05, 0) is 37.6 Å². The van der Waals surface area contributed by atoms with Gasteiger partial charge in [-0.15, -0.1) is 0 Å².